The first-order valence-electron chi connectivity index (χ1n) is 5.64. The first-order chi connectivity index (χ1) is 8.61. The maximum absolute atomic E-state index is 11.4. The van der Waals surface area contributed by atoms with Gasteiger partial charge in [0.05, 0.1) is 13.1 Å². The molecular formula is C12H16IN3O2. The van der Waals surface area contributed by atoms with Gasteiger partial charge in [-0.1, -0.05) is 0 Å². The van der Waals surface area contributed by atoms with Crippen LogP contribution >= 0.6 is 22.6 Å². The maximum atomic E-state index is 11.4. The van der Waals surface area contributed by atoms with E-state index in [1.165, 1.54) is 0 Å². The molecule has 0 radical (unpaired) electrons. The standard InChI is InChI=1S/C12H16IN3O2/c1-2-14-11(17)8-16-12(18)7-15-10-5-3-9(13)4-6-10/h3-6,15H,2,7-8H2,1H3,(H,14,17)(H,16,18). The molecule has 0 aliphatic rings. The zero-order valence-electron chi connectivity index (χ0n) is 10.1. The Bertz CT molecular complexity index is 406. The third kappa shape index (κ3) is 5.85. The van der Waals surface area contributed by atoms with Crippen molar-refractivity contribution in [3.05, 3.63) is 27.8 Å². The lowest BCUT2D eigenvalue weighted by Gasteiger charge is -2.07. The molecule has 0 bridgehead atoms. The molecule has 3 N–H and O–H groups in total. The molecule has 18 heavy (non-hydrogen) atoms. The van der Waals surface area contributed by atoms with E-state index < -0.39 is 0 Å². The van der Waals surface area contributed by atoms with Gasteiger partial charge in [0.2, 0.25) is 11.8 Å². The summed E-state index contributed by atoms with van der Waals surface area (Å²) < 4.78 is 1.14. The summed E-state index contributed by atoms with van der Waals surface area (Å²) in [5, 5.41) is 8.12. The molecule has 0 saturated carbocycles. The first-order valence-corrected chi connectivity index (χ1v) is 6.72. The Kier molecular flexibility index (Phi) is 6.48. The molecule has 0 aliphatic heterocycles. The molecule has 0 heterocycles. The largest absolute Gasteiger partial charge is 0.376 e. The number of carbonyl (C=O) groups is 2. The van der Waals surface area contributed by atoms with E-state index in [-0.39, 0.29) is 24.9 Å². The highest BCUT2D eigenvalue weighted by atomic mass is 127. The third-order valence-corrected chi connectivity index (χ3v) is 2.84. The Labute approximate surface area is 120 Å². The minimum absolute atomic E-state index is 0.0149. The fourth-order valence-electron chi connectivity index (χ4n) is 1.25. The van der Waals surface area contributed by atoms with Crippen LogP contribution < -0.4 is 16.0 Å². The molecule has 0 spiro atoms. The molecule has 0 aliphatic carbocycles. The Hall–Kier alpha value is -1.31. The monoisotopic (exact) mass is 361 g/mol. The number of hydrogen-bond donors (Lipinski definition) is 3. The van der Waals surface area contributed by atoms with Gasteiger partial charge in [0.1, 0.15) is 0 Å². The average molecular weight is 361 g/mol. The van der Waals surface area contributed by atoms with Crippen molar-refractivity contribution in [2.75, 3.05) is 25.0 Å². The fraction of sp³-hybridized carbons (Fsp3) is 0.333. The minimum Gasteiger partial charge on any atom is -0.376 e. The normalized spacial score (nSPS) is 9.67. The molecule has 98 valence electrons. The summed E-state index contributed by atoms with van der Waals surface area (Å²) >= 11 is 2.22. The van der Waals surface area contributed by atoms with E-state index in [1.807, 2.05) is 31.2 Å². The van der Waals surface area contributed by atoms with Crippen molar-refractivity contribution in [1.82, 2.24) is 10.6 Å². The Morgan fingerprint density at radius 2 is 1.67 bits per heavy atom. The van der Waals surface area contributed by atoms with Gasteiger partial charge in [0.25, 0.3) is 0 Å². The van der Waals surface area contributed by atoms with Gasteiger partial charge in [-0.15, -0.1) is 0 Å². The molecule has 6 heteroatoms. The predicted octanol–water partition coefficient (Wildman–Crippen LogP) is 0.955. The van der Waals surface area contributed by atoms with Gasteiger partial charge < -0.3 is 16.0 Å². The molecule has 0 aromatic heterocycles. The van der Waals surface area contributed by atoms with Crippen LogP contribution in [0, 0.1) is 3.57 Å². The van der Waals surface area contributed by atoms with Crippen molar-refractivity contribution in [3.8, 4) is 0 Å². The lowest BCUT2D eigenvalue weighted by Crippen LogP contribution is -2.39. The molecule has 0 saturated heterocycles. The van der Waals surface area contributed by atoms with E-state index in [1.54, 1.807) is 0 Å². The smallest absolute Gasteiger partial charge is 0.239 e. The lowest BCUT2D eigenvalue weighted by molar-refractivity contribution is -0.125. The summed E-state index contributed by atoms with van der Waals surface area (Å²) in [5.41, 5.74) is 0.878. The molecule has 0 unspecified atom stereocenters. The minimum atomic E-state index is -0.209. The molecule has 5 nitrogen and oxygen atoms in total. The predicted molar refractivity (Wildman–Crippen MR) is 79.3 cm³/mol. The van der Waals surface area contributed by atoms with Crippen LogP contribution in [0.25, 0.3) is 0 Å². The molecular weight excluding hydrogens is 345 g/mol. The number of hydrogen-bond acceptors (Lipinski definition) is 3. The molecule has 2 amide bonds. The number of benzene rings is 1. The number of amides is 2. The summed E-state index contributed by atoms with van der Waals surface area (Å²) in [6, 6.07) is 7.71. The van der Waals surface area contributed by atoms with Crippen molar-refractivity contribution < 1.29 is 9.59 Å². The van der Waals surface area contributed by atoms with Crippen molar-refractivity contribution in [3.63, 3.8) is 0 Å². The number of carbonyl (C=O) groups excluding carboxylic acids is 2. The molecule has 1 rings (SSSR count). The van der Waals surface area contributed by atoms with Crippen molar-refractivity contribution in [2.24, 2.45) is 0 Å². The zero-order valence-corrected chi connectivity index (χ0v) is 12.3. The van der Waals surface area contributed by atoms with E-state index in [0.29, 0.717) is 6.54 Å². The van der Waals surface area contributed by atoms with Crippen LogP contribution in [0.5, 0.6) is 0 Å². The van der Waals surface area contributed by atoms with Crippen LogP contribution in [0.1, 0.15) is 6.92 Å². The van der Waals surface area contributed by atoms with Crippen LogP contribution in [-0.4, -0.2) is 31.4 Å². The zero-order chi connectivity index (χ0) is 13.4. The van der Waals surface area contributed by atoms with Crippen LogP contribution in [-0.2, 0) is 9.59 Å². The van der Waals surface area contributed by atoms with Gasteiger partial charge in [0, 0.05) is 15.8 Å². The fourth-order valence-corrected chi connectivity index (χ4v) is 1.61. The van der Waals surface area contributed by atoms with Crippen LogP contribution in [0.3, 0.4) is 0 Å². The lowest BCUT2D eigenvalue weighted by atomic mass is 10.3. The molecule has 1 aromatic carbocycles. The molecule has 1 aromatic rings. The molecule has 0 fully saturated rings. The maximum Gasteiger partial charge on any atom is 0.239 e. The van der Waals surface area contributed by atoms with E-state index in [4.69, 9.17) is 0 Å². The topological polar surface area (TPSA) is 70.2 Å². The van der Waals surface area contributed by atoms with E-state index >= 15 is 0 Å². The number of likely N-dealkylation sites (N-methyl/N-ethyl adjacent to an activating group) is 1. The quantitative estimate of drug-likeness (QED) is 0.661. The number of nitrogens with one attached hydrogen (secondary N) is 3. The number of halogens is 1. The van der Waals surface area contributed by atoms with Gasteiger partial charge in [-0.05, 0) is 53.8 Å². The number of anilines is 1. The summed E-state index contributed by atoms with van der Waals surface area (Å²) in [6.07, 6.45) is 0. The van der Waals surface area contributed by atoms with E-state index in [2.05, 4.69) is 38.5 Å². The van der Waals surface area contributed by atoms with Gasteiger partial charge in [0.15, 0.2) is 0 Å². The SMILES string of the molecule is CCNC(=O)CNC(=O)CNc1ccc(I)cc1. The summed E-state index contributed by atoms with van der Waals surface area (Å²) in [6.45, 7) is 2.56. The highest BCUT2D eigenvalue weighted by Gasteiger charge is 2.04. The van der Waals surface area contributed by atoms with Gasteiger partial charge in [-0.3, -0.25) is 9.59 Å². The average Bonchev–Trinajstić information content (AvgIpc) is 2.36. The Morgan fingerprint density at radius 1 is 1.06 bits per heavy atom. The summed E-state index contributed by atoms with van der Waals surface area (Å²) in [5.74, 6) is -0.389. The van der Waals surface area contributed by atoms with Crippen LogP contribution in [0.2, 0.25) is 0 Å². The third-order valence-electron chi connectivity index (χ3n) is 2.12. The molecule has 0 atom stereocenters. The second-order valence-corrected chi connectivity index (χ2v) is 4.84. The van der Waals surface area contributed by atoms with Crippen molar-refractivity contribution in [1.29, 1.82) is 0 Å². The van der Waals surface area contributed by atoms with Crippen LogP contribution in [0.15, 0.2) is 24.3 Å². The van der Waals surface area contributed by atoms with E-state index in [0.717, 1.165) is 9.26 Å². The number of rotatable bonds is 6. The van der Waals surface area contributed by atoms with Crippen molar-refractivity contribution >= 4 is 40.1 Å². The second kappa shape index (κ2) is 7.91. The summed E-state index contributed by atoms with van der Waals surface area (Å²) in [4.78, 5) is 22.5. The van der Waals surface area contributed by atoms with Crippen LogP contribution in [0.4, 0.5) is 5.69 Å². The Balaban J connectivity index is 2.24. The van der Waals surface area contributed by atoms with Gasteiger partial charge in [-0.25, -0.2) is 0 Å². The highest BCUT2D eigenvalue weighted by molar-refractivity contribution is 14.1. The van der Waals surface area contributed by atoms with E-state index in [9.17, 15) is 9.59 Å². The van der Waals surface area contributed by atoms with Gasteiger partial charge in [-0.2, -0.15) is 0 Å². The van der Waals surface area contributed by atoms with Crippen molar-refractivity contribution in [2.45, 2.75) is 6.92 Å². The Morgan fingerprint density at radius 3 is 2.28 bits per heavy atom. The highest BCUT2D eigenvalue weighted by Crippen LogP contribution is 2.10. The second-order valence-electron chi connectivity index (χ2n) is 3.59. The van der Waals surface area contributed by atoms with Gasteiger partial charge >= 0.3 is 0 Å². The first kappa shape index (κ1) is 14.7. The summed E-state index contributed by atoms with van der Waals surface area (Å²) in [7, 11) is 0.